The van der Waals surface area contributed by atoms with E-state index in [9.17, 15) is 14.7 Å². The lowest BCUT2D eigenvalue weighted by Crippen LogP contribution is -2.06. The number of aromatic hydroxyl groups is 1. The SMILES string of the molecule is [2H]c1c(Cl)ccc(C)c1-c1cnc(C(=O)CCC(=O)O)c(O)c1. The Morgan fingerprint density at radius 3 is 2.73 bits per heavy atom. The van der Waals surface area contributed by atoms with E-state index < -0.39 is 11.8 Å². The molecule has 0 bridgehead atoms. The van der Waals surface area contributed by atoms with Gasteiger partial charge in [-0.2, -0.15) is 0 Å². The lowest BCUT2D eigenvalue weighted by atomic mass is 10.0. The number of ketones is 1. The number of halogens is 1. The Balaban J connectivity index is 2.39. The van der Waals surface area contributed by atoms with Gasteiger partial charge < -0.3 is 10.2 Å². The summed E-state index contributed by atoms with van der Waals surface area (Å²) < 4.78 is 8.02. The van der Waals surface area contributed by atoms with Crippen LogP contribution in [-0.4, -0.2) is 26.9 Å². The fourth-order valence-electron chi connectivity index (χ4n) is 1.98. The molecule has 0 unspecified atom stereocenters. The molecule has 0 atom stereocenters. The molecule has 0 radical (unpaired) electrons. The molecule has 2 rings (SSSR count). The van der Waals surface area contributed by atoms with Gasteiger partial charge in [0.1, 0.15) is 11.4 Å². The van der Waals surface area contributed by atoms with E-state index in [0.717, 1.165) is 5.56 Å². The highest BCUT2D eigenvalue weighted by molar-refractivity contribution is 6.30. The molecule has 0 amide bonds. The maximum absolute atomic E-state index is 11.9. The number of hydrogen-bond donors (Lipinski definition) is 2. The highest BCUT2D eigenvalue weighted by Gasteiger charge is 2.16. The van der Waals surface area contributed by atoms with Crippen LogP contribution in [0.1, 0.15) is 30.3 Å². The van der Waals surface area contributed by atoms with Gasteiger partial charge in [0.25, 0.3) is 0 Å². The monoisotopic (exact) mass is 320 g/mol. The summed E-state index contributed by atoms with van der Waals surface area (Å²) in [7, 11) is 0. The van der Waals surface area contributed by atoms with Crippen molar-refractivity contribution in [2.45, 2.75) is 19.8 Å². The summed E-state index contributed by atoms with van der Waals surface area (Å²) in [5.74, 6) is -2.00. The fraction of sp³-hybridized carbons (Fsp3) is 0.188. The van der Waals surface area contributed by atoms with Gasteiger partial charge in [-0.25, -0.2) is 4.98 Å². The van der Waals surface area contributed by atoms with Crippen molar-refractivity contribution in [1.29, 1.82) is 0 Å². The molecule has 5 nitrogen and oxygen atoms in total. The summed E-state index contributed by atoms with van der Waals surface area (Å²) in [5, 5.41) is 18.9. The van der Waals surface area contributed by atoms with Gasteiger partial charge in [0, 0.05) is 23.2 Å². The number of hydrogen-bond acceptors (Lipinski definition) is 4. The predicted molar refractivity (Wildman–Crippen MR) is 82.3 cm³/mol. The van der Waals surface area contributed by atoms with Crippen molar-refractivity contribution in [2.75, 3.05) is 0 Å². The molecule has 0 saturated carbocycles. The number of rotatable bonds is 5. The third kappa shape index (κ3) is 3.62. The first-order valence-electron chi connectivity index (χ1n) is 7.01. The van der Waals surface area contributed by atoms with Crippen LogP contribution in [0.2, 0.25) is 5.02 Å². The standard InChI is InChI=1S/C16H14ClNO4/c1-9-2-3-11(17)7-12(9)10-6-14(20)16(18-8-10)13(19)4-5-15(21)22/h2-3,6-8,20H,4-5H2,1H3,(H,21,22)/i7D. The van der Waals surface area contributed by atoms with Crippen LogP contribution in [0.3, 0.4) is 0 Å². The van der Waals surface area contributed by atoms with Crippen molar-refractivity contribution >= 4 is 23.4 Å². The van der Waals surface area contributed by atoms with Crippen LogP contribution >= 0.6 is 11.6 Å². The normalized spacial score (nSPS) is 11.1. The Hall–Kier alpha value is -2.40. The van der Waals surface area contributed by atoms with E-state index in [1.807, 2.05) is 0 Å². The average molecular weight is 321 g/mol. The number of aromatic nitrogens is 1. The fourth-order valence-corrected chi connectivity index (χ4v) is 2.14. The number of benzene rings is 1. The summed E-state index contributed by atoms with van der Waals surface area (Å²) in [4.78, 5) is 26.3. The molecule has 0 fully saturated rings. The van der Waals surface area contributed by atoms with Gasteiger partial charge in [-0.15, -0.1) is 0 Å². The largest absolute Gasteiger partial charge is 0.506 e. The lowest BCUT2D eigenvalue weighted by Gasteiger charge is -2.09. The third-order valence-corrected chi connectivity index (χ3v) is 3.33. The van der Waals surface area contributed by atoms with E-state index in [1.54, 1.807) is 19.1 Å². The minimum Gasteiger partial charge on any atom is -0.506 e. The average Bonchev–Trinajstić information content (AvgIpc) is 2.49. The van der Waals surface area contributed by atoms with Crippen molar-refractivity contribution in [3.05, 3.63) is 46.7 Å². The first-order chi connectivity index (χ1) is 10.8. The predicted octanol–water partition coefficient (Wildman–Crippen LogP) is 3.46. The van der Waals surface area contributed by atoms with E-state index >= 15 is 0 Å². The molecule has 1 heterocycles. The van der Waals surface area contributed by atoms with E-state index in [4.69, 9.17) is 18.1 Å². The second-order valence-electron chi connectivity index (χ2n) is 4.77. The first-order valence-corrected chi connectivity index (χ1v) is 6.89. The Bertz CT molecular complexity index is 792. The maximum Gasteiger partial charge on any atom is 0.303 e. The summed E-state index contributed by atoms with van der Waals surface area (Å²) in [6, 6.07) is 4.80. The number of carbonyl (C=O) groups is 2. The second kappa shape index (κ2) is 6.58. The zero-order valence-electron chi connectivity index (χ0n) is 12.8. The molecule has 0 aliphatic rings. The molecule has 22 heavy (non-hydrogen) atoms. The molecule has 2 aromatic rings. The number of nitrogens with zero attached hydrogens (tertiary/aromatic N) is 1. The molecule has 2 N–H and O–H groups in total. The minimum absolute atomic E-state index is 0.109. The number of carbonyl (C=O) groups excluding carboxylic acids is 1. The van der Waals surface area contributed by atoms with Crippen LogP contribution in [0.4, 0.5) is 0 Å². The summed E-state index contributed by atoms with van der Waals surface area (Å²) in [6.07, 6.45) is 0.797. The maximum atomic E-state index is 11.9. The number of Topliss-reactive ketones (excluding diaryl/α,β-unsaturated/α-hetero) is 1. The van der Waals surface area contributed by atoms with E-state index in [1.165, 1.54) is 12.3 Å². The molecular weight excluding hydrogens is 306 g/mol. The summed E-state index contributed by atoms with van der Waals surface area (Å²) in [6.45, 7) is 1.80. The number of carboxylic acids is 1. The van der Waals surface area contributed by atoms with Gasteiger partial charge in [0.15, 0.2) is 5.78 Å². The Kier molecular flexibility index (Phi) is 4.34. The van der Waals surface area contributed by atoms with Gasteiger partial charge in [0.2, 0.25) is 0 Å². The van der Waals surface area contributed by atoms with Crippen molar-refractivity contribution in [3.63, 3.8) is 0 Å². The molecule has 114 valence electrons. The number of carboxylic acid groups (broad SMARTS) is 1. The summed E-state index contributed by atoms with van der Waals surface area (Å²) in [5.41, 5.74) is 1.58. The van der Waals surface area contributed by atoms with Crippen LogP contribution in [0, 0.1) is 6.92 Å². The zero-order valence-corrected chi connectivity index (χ0v) is 12.5. The van der Waals surface area contributed by atoms with Crippen LogP contribution in [0.25, 0.3) is 11.1 Å². The van der Waals surface area contributed by atoms with E-state index in [0.29, 0.717) is 11.1 Å². The Labute approximate surface area is 133 Å². The number of aliphatic carboxylic acids is 1. The molecule has 6 heteroatoms. The highest BCUT2D eigenvalue weighted by Crippen LogP contribution is 2.29. The molecule has 0 aliphatic carbocycles. The van der Waals surface area contributed by atoms with Crippen LogP contribution in [-0.2, 0) is 4.79 Å². The molecular formula is C16H14ClNO4. The van der Waals surface area contributed by atoms with E-state index in [2.05, 4.69) is 4.98 Å². The smallest absolute Gasteiger partial charge is 0.303 e. The Morgan fingerprint density at radius 2 is 2.09 bits per heavy atom. The van der Waals surface area contributed by atoms with Gasteiger partial charge in [-0.3, -0.25) is 9.59 Å². The molecule has 1 aromatic carbocycles. The molecule has 0 spiro atoms. The highest BCUT2D eigenvalue weighted by atomic mass is 35.5. The topological polar surface area (TPSA) is 87.5 Å². The minimum atomic E-state index is -1.09. The van der Waals surface area contributed by atoms with Crippen molar-refractivity contribution in [1.82, 2.24) is 4.98 Å². The zero-order chi connectivity index (χ0) is 17.1. The van der Waals surface area contributed by atoms with Gasteiger partial charge >= 0.3 is 5.97 Å². The number of pyridine rings is 1. The summed E-state index contributed by atoms with van der Waals surface area (Å²) >= 11 is 5.95. The first kappa shape index (κ1) is 14.5. The van der Waals surface area contributed by atoms with Crippen molar-refractivity contribution in [3.8, 4) is 16.9 Å². The van der Waals surface area contributed by atoms with Crippen molar-refractivity contribution in [2.24, 2.45) is 0 Å². The van der Waals surface area contributed by atoms with Gasteiger partial charge in [-0.1, -0.05) is 17.7 Å². The van der Waals surface area contributed by atoms with E-state index in [-0.39, 0.29) is 35.4 Å². The van der Waals surface area contributed by atoms with Crippen molar-refractivity contribution < 1.29 is 21.2 Å². The lowest BCUT2D eigenvalue weighted by molar-refractivity contribution is -0.136. The van der Waals surface area contributed by atoms with Crippen LogP contribution in [0.15, 0.2) is 30.4 Å². The number of aryl methyl sites for hydroxylation is 1. The molecule has 0 aliphatic heterocycles. The van der Waals surface area contributed by atoms with Gasteiger partial charge in [-0.05, 0) is 36.2 Å². The molecule has 0 saturated heterocycles. The van der Waals surface area contributed by atoms with Gasteiger partial charge in [0.05, 0.1) is 7.79 Å². The van der Waals surface area contributed by atoms with Crippen LogP contribution < -0.4 is 0 Å². The third-order valence-electron chi connectivity index (χ3n) is 3.10. The Morgan fingerprint density at radius 1 is 1.36 bits per heavy atom. The second-order valence-corrected chi connectivity index (χ2v) is 5.18. The molecule has 1 aromatic heterocycles. The van der Waals surface area contributed by atoms with Crippen LogP contribution in [0.5, 0.6) is 5.75 Å². The quantitative estimate of drug-likeness (QED) is 0.824.